The van der Waals surface area contributed by atoms with Crippen LogP contribution >= 0.6 is 0 Å². The van der Waals surface area contributed by atoms with Crippen molar-refractivity contribution in [1.29, 1.82) is 0 Å². The third kappa shape index (κ3) is 3.68. The van der Waals surface area contributed by atoms with Gasteiger partial charge in [-0.05, 0) is 50.9 Å². The van der Waals surface area contributed by atoms with E-state index in [9.17, 15) is 9.90 Å². The predicted octanol–water partition coefficient (Wildman–Crippen LogP) is 0.925. The lowest BCUT2D eigenvalue weighted by Gasteiger charge is -2.37. The van der Waals surface area contributed by atoms with Crippen molar-refractivity contribution in [3.8, 4) is 0 Å². The van der Waals surface area contributed by atoms with Crippen molar-refractivity contribution in [1.82, 2.24) is 5.32 Å². The molecule has 0 bridgehead atoms. The lowest BCUT2D eigenvalue weighted by Crippen LogP contribution is -2.50. The van der Waals surface area contributed by atoms with Gasteiger partial charge in [-0.3, -0.25) is 4.79 Å². The number of carbonyl (C=O) groups excluding carboxylic acids is 1. The maximum atomic E-state index is 11.7. The zero-order valence-electron chi connectivity index (χ0n) is 10.5. The molecule has 1 amide bonds. The maximum absolute atomic E-state index is 11.7. The van der Waals surface area contributed by atoms with Crippen LogP contribution in [-0.4, -0.2) is 29.2 Å². The number of carbonyl (C=O) groups is 1. The highest BCUT2D eigenvalue weighted by Crippen LogP contribution is 2.32. The molecule has 2 aliphatic rings. The fraction of sp³-hybridized carbons (Fsp3) is 0.923. The smallest absolute Gasteiger partial charge is 0.221 e. The van der Waals surface area contributed by atoms with Gasteiger partial charge < -0.3 is 16.2 Å². The zero-order valence-corrected chi connectivity index (χ0v) is 10.5. The Morgan fingerprint density at radius 1 is 1.29 bits per heavy atom. The third-order valence-electron chi connectivity index (χ3n) is 4.27. The molecule has 0 aromatic rings. The van der Waals surface area contributed by atoms with Crippen LogP contribution in [0.1, 0.15) is 51.4 Å². The van der Waals surface area contributed by atoms with E-state index in [2.05, 4.69) is 5.32 Å². The number of amides is 1. The monoisotopic (exact) mass is 240 g/mol. The molecular weight excluding hydrogens is 216 g/mol. The summed E-state index contributed by atoms with van der Waals surface area (Å²) in [6.07, 6.45) is 7.27. The minimum absolute atomic E-state index is 0.0957. The topological polar surface area (TPSA) is 75.4 Å². The van der Waals surface area contributed by atoms with Gasteiger partial charge in [-0.1, -0.05) is 0 Å². The van der Waals surface area contributed by atoms with Crippen LogP contribution in [0.25, 0.3) is 0 Å². The highest BCUT2D eigenvalue weighted by atomic mass is 16.3. The Morgan fingerprint density at radius 3 is 2.47 bits per heavy atom. The van der Waals surface area contributed by atoms with E-state index in [0.717, 1.165) is 51.5 Å². The maximum Gasteiger partial charge on any atom is 0.221 e. The zero-order chi connectivity index (χ0) is 12.3. The average molecular weight is 240 g/mol. The van der Waals surface area contributed by atoms with Gasteiger partial charge in [0.1, 0.15) is 0 Å². The molecule has 0 aromatic carbocycles. The first-order chi connectivity index (χ1) is 8.07. The van der Waals surface area contributed by atoms with Gasteiger partial charge in [0, 0.05) is 18.5 Å². The molecule has 0 spiro atoms. The first kappa shape index (κ1) is 12.8. The van der Waals surface area contributed by atoms with Gasteiger partial charge in [0.2, 0.25) is 5.91 Å². The molecule has 0 aliphatic heterocycles. The van der Waals surface area contributed by atoms with Gasteiger partial charge >= 0.3 is 0 Å². The summed E-state index contributed by atoms with van der Waals surface area (Å²) in [6, 6.07) is 0. The van der Waals surface area contributed by atoms with Gasteiger partial charge in [-0.15, -0.1) is 0 Å². The highest BCUT2D eigenvalue weighted by molar-refractivity contribution is 5.77. The summed E-state index contributed by atoms with van der Waals surface area (Å²) in [5.41, 5.74) is 5.82. The third-order valence-corrected chi connectivity index (χ3v) is 4.27. The SMILES string of the molecule is NC1(CC(=O)NCC2CCC(O)CC2)CCC1. The van der Waals surface area contributed by atoms with Crippen molar-refractivity contribution in [3.63, 3.8) is 0 Å². The first-order valence-corrected chi connectivity index (χ1v) is 6.81. The number of nitrogens with one attached hydrogen (secondary N) is 1. The average Bonchev–Trinajstić information content (AvgIpc) is 2.26. The largest absolute Gasteiger partial charge is 0.393 e. The molecule has 4 N–H and O–H groups in total. The van der Waals surface area contributed by atoms with E-state index >= 15 is 0 Å². The van der Waals surface area contributed by atoms with Crippen LogP contribution in [0.4, 0.5) is 0 Å². The van der Waals surface area contributed by atoms with Gasteiger partial charge in [0.25, 0.3) is 0 Å². The van der Waals surface area contributed by atoms with Crippen molar-refractivity contribution >= 4 is 5.91 Å². The Labute approximate surface area is 103 Å². The molecule has 0 atom stereocenters. The number of nitrogens with two attached hydrogens (primary N) is 1. The van der Waals surface area contributed by atoms with Crippen molar-refractivity contribution in [3.05, 3.63) is 0 Å². The summed E-state index contributed by atoms with van der Waals surface area (Å²) in [6.45, 7) is 0.752. The van der Waals surface area contributed by atoms with Crippen LogP contribution in [0.15, 0.2) is 0 Å². The summed E-state index contributed by atoms with van der Waals surface area (Å²) in [5.74, 6) is 0.635. The quantitative estimate of drug-likeness (QED) is 0.684. The Bertz CT molecular complexity index is 269. The predicted molar refractivity (Wildman–Crippen MR) is 66.4 cm³/mol. The second-order valence-electron chi connectivity index (χ2n) is 5.87. The van der Waals surface area contributed by atoms with E-state index in [1.807, 2.05) is 0 Å². The second kappa shape index (κ2) is 5.36. The fourth-order valence-corrected chi connectivity index (χ4v) is 2.80. The van der Waals surface area contributed by atoms with Gasteiger partial charge in [-0.2, -0.15) is 0 Å². The standard InChI is InChI=1S/C13H24N2O2/c14-13(6-1-7-13)8-12(17)15-9-10-2-4-11(16)5-3-10/h10-11,16H,1-9,14H2,(H,15,17). The van der Waals surface area contributed by atoms with Gasteiger partial charge in [0.15, 0.2) is 0 Å². The minimum Gasteiger partial charge on any atom is -0.393 e. The molecule has 2 rings (SSSR count). The van der Waals surface area contributed by atoms with Crippen LogP contribution in [0, 0.1) is 5.92 Å². The minimum atomic E-state index is -0.215. The summed E-state index contributed by atoms with van der Waals surface area (Å²) in [7, 11) is 0. The molecule has 2 saturated carbocycles. The van der Waals surface area contributed by atoms with E-state index in [4.69, 9.17) is 5.73 Å². The molecule has 0 aromatic heterocycles. The van der Waals surface area contributed by atoms with Crippen molar-refractivity contribution < 1.29 is 9.90 Å². The number of hydrogen-bond donors (Lipinski definition) is 3. The second-order valence-corrected chi connectivity index (χ2v) is 5.87. The molecule has 4 nitrogen and oxygen atoms in total. The summed E-state index contributed by atoms with van der Waals surface area (Å²) in [4.78, 5) is 11.7. The molecule has 4 heteroatoms. The molecule has 0 heterocycles. The Hall–Kier alpha value is -0.610. The van der Waals surface area contributed by atoms with Gasteiger partial charge in [0.05, 0.1) is 6.10 Å². The first-order valence-electron chi connectivity index (χ1n) is 6.81. The van der Waals surface area contributed by atoms with Crippen LogP contribution in [0.2, 0.25) is 0 Å². The molecule has 0 radical (unpaired) electrons. The van der Waals surface area contributed by atoms with Gasteiger partial charge in [-0.25, -0.2) is 0 Å². The lowest BCUT2D eigenvalue weighted by atomic mass is 9.75. The summed E-state index contributed by atoms with van der Waals surface area (Å²) in [5, 5.41) is 12.4. The van der Waals surface area contributed by atoms with Crippen LogP contribution in [0.5, 0.6) is 0 Å². The lowest BCUT2D eigenvalue weighted by molar-refractivity contribution is -0.123. The summed E-state index contributed by atoms with van der Waals surface area (Å²) >= 11 is 0. The normalized spacial score (nSPS) is 31.6. The van der Waals surface area contributed by atoms with E-state index in [-0.39, 0.29) is 17.6 Å². The van der Waals surface area contributed by atoms with E-state index in [0.29, 0.717) is 12.3 Å². The number of aliphatic hydroxyl groups is 1. The van der Waals surface area contributed by atoms with E-state index < -0.39 is 0 Å². The van der Waals surface area contributed by atoms with Crippen LogP contribution in [0.3, 0.4) is 0 Å². The van der Waals surface area contributed by atoms with E-state index in [1.165, 1.54) is 0 Å². The van der Waals surface area contributed by atoms with Crippen molar-refractivity contribution in [2.45, 2.75) is 63.0 Å². The fourth-order valence-electron chi connectivity index (χ4n) is 2.80. The number of hydrogen-bond acceptors (Lipinski definition) is 3. The number of rotatable bonds is 4. The van der Waals surface area contributed by atoms with E-state index in [1.54, 1.807) is 0 Å². The molecule has 2 fully saturated rings. The van der Waals surface area contributed by atoms with Crippen LogP contribution < -0.4 is 11.1 Å². The molecule has 2 aliphatic carbocycles. The molecule has 98 valence electrons. The Kier molecular flexibility index (Phi) is 4.05. The van der Waals surface area contributed by atoms with Crippen molar-refractivity contribution in [2.75, 3.05) is 6.54 Å². The molecule has 0 saturated heterocycles. The van der Waals surface area contributed by atoms with Crippen molar-refractivity contribution in [2.24, 2.45) is 11.7 Å². The van der Waals surface area contributed by atoms with Crippen LogP contribution in [-0.2, 0) is 4.79 Å². The molecular formula is C13H24N2O2. The number of aliphatic hydroxyl groups excluding tert-OH is 1. The Balaban J connectivity index is 1.62. The molecule has 0 unspecified atom stereocenters. The Morgan fingerprint density at radius 2 is 1.94 bits per heavy atom. The molecule has 17 heavy (non-hydrogen) atoms. The highest BCUT2D eigenvalue weighted by Gasteiger charge is 2.34. The summed E-state index contributed by atoms with van der Waals surface area (Å²) < 4.78 is 0.